The molecule has 0 aromatic carbocycles. The standard InChI is InChI=1S/C14H15N3O/c1-9-16-13-12(14(18)17-9)11(7-8-15-13)10-5-3-2-4-6-10/h5,7-8H,2-4,6H2,1H3,(H,15,16,17,18). The highest BCUT2D eigenvalue weighted by molar-refractivity contribution is 5.93. The molecule has 92 valence electrons. The van der Waals surface area contributed by atoms with Crippen LogP contribution in [0.4, 0.5) is 0 Å². The van der Waals surface area contributed by atoms with Gasteiger partial charge in [-0.2, -0.15) is 4.98 Å². The van der Waals surface area contributed by atoms with Crippen molar-refractivity contribution < 1.29 is 5.11 Å². The van der Waals surface area contributed by atoms with E-state index in [1.807, 2.05) is 6.07 Å². The Kier molecular flexibility index (Phi) is 2.70. The lowest BCUT2D eigenvalue weighted by atomic mass is 9.92. The lowest BCUT2D eigenvalue weighted by molar-refractivity contribution is 0.457. The minimum Gasteiger partial charge on any atom is -0.493 e. The first-order valence-corrected chi connectivity index (χ1v) is 6.27. The van der Waals surface area contributed by atoms with Gasteiger partial charge in [0.15, 0.2) is 5.65 Å². The van der Waals surface area contributed by atoms with Crippen LogP contribution in [0.2, 0.25) is 0 Å². The molecule has 2 aromatic heterocycles. The summed E-state index contributed by atoms with van der Waals surface area (Å²) in [6.45, 7) is 1.76. The quantitative estimate of drug-likeness (QED) is 0.833. The summed E-state index contributed by atoms with van der Waals surface area (Å²) < 4.78 is 0. The molecular formula is C14H15N3O. The maximum Gasteiger partial charge on any atom is 0.224 e. The molecule has 0 amide bonds. The summed E-state index contributed by atoms with van der Waals surface area (Å²) in [5.74, 6) is 0.578. The van der Waals surface area contributed by atoms with Crippen LogP contribution >= 0.6 is 0 Å². The molecule has 0 atom stereocenters. The first kappa shape index (κ1) is 11.1. The molecule has 0 aliphatic heterocycles. The van der Waals surface area contributed by atoms with Gasteiger partial charge in [-0.25, -0.2) is 9.97 Å². The fraction of sp³-hybridized carbons (Fsp3) is 0.357. The van der Waals surface area contributed by atoms with Gasteiger partial charge in [0, 0.05) is 6.20 Å². The topological polar surface area (TPSA) is 58.9 Å². The van der Waals surface area contributed by atoms with E-state index in [1.54, 1.807) is 13.1 Å². The Morgan fingerprint density at radius 2 is 2.11 bits per heavy atom. The number of aryl methyl sites for hydroxylation is 1. The summed E-state index contributed by atoms with van der Waals surface area (Å²) in [5.41, 5.74) is 2.87. The van der Waals surface area contributed by atoms with Crippen molar-refractivity contribution in [1.82, 2.24) is 15.0 Å². The highest BCUT2D eigenvalue weighted by atomic mass is 16.3. The van der Waals surface area contributed by atoms with Gasteiger partial charge in [0.2, 0.25) is 5.88 Å². The lowest BCUT2D eigenvalue weighted by Gasteiger charge is -2.14. The van der Waals surface area contributed by atoms with Gasteiger partial charge in [-0.15, -0.1) is 0 Å². The maximum absolute atomic E-state index is 10.0. The van der Waals surface area contributed by atoms with Gasteiger partial charge >= 0.3 is 0 Å². The summed E-state index contributed by atoms with van der Waals surface area (Å²) in [7, 11) is 0. The van der Waals surface area contributed by atoms with Crippen LogP contribution in [0.3, 0.4) is 0 Å². The molecule has 0 radical (unpaired) electrons. The summed E-state index contributed by atoms with van der Waals surface area (Å²) in [6.07, 6.45) is 8.59. The van der Waals surface area contributed by atoms with E-state index in [0.717, 1.165) is 18.4 Å². The average Bonchev–Trinajstić information content (AvgIpc) is 2.38. The van der Waals surface area contributed by atoms with E-state index in [0.29, 0.717) is 16.9 Å². The van der Waals surface area contributed by atoms with Crippen LogP contribution < -0.4 is 0 Å². The third-order valence-electron chi connectivity index (χ3n) is 3.33. The van der Waals surface area contributed by atoms with Crippen molar-refractivity contribution in [3.8, 4) is 5.88 Å². The number of fused-ring (bicyclic) bond motifs is 1. The summed E-state index contributed by atoms with van der Waals surface area (Å²) >= 11 is 0. The Hall–Kier alpha value is -1.97. The average molecular weight is 241 g/mol. The van der Waals surface area contributed by atoms with E-state index in [1.165, 1.54) is 18.4 Å². The molecule has 1 N–H and O–H groups in total. The molecule has 0 saturated heterocycles. The zero-order valence-corrected chi connectivity index (χ0v) is 10.3. The monoisotopic (exact) mass is 241 g/mol. The highest BCUT2D eigenvalue weighted by Gasteiger charge is 2.14. The fourth-order valence-corrected chi connectivity index (χ4v) is 2.49. The SMILES string of the molecule is Cc1nc(O)c2c(C3=CCCCC3)ccnc2n1. The lowest BCUT2D eigenvalue weighted by Crippen LogP contribution is -1.98. The molecule has 0 fully saturated rings. The van der Waals surface area contributed by atoms with E-state index in [-0.39, 0.29) is 5.88 Å². The molecular weight excluding hydrogens is 226 g/mol. The zero-order valence-electron chi connectivity index (χ0n) is 10.3. The first-order chi connectivity index (χ1) is 8.75. The zero-order chi connectivity index (χ0) is 12.5. The Bertz CT molecular complexity index is 634. The molecule has 0 spiro atoms. The molecule has 3 rings (SSSR count). The van der Waals surface area contributed by atoms with Crippen molar-refractivity contribution in [3.05, 3.63) is 29.7 Å². The Balaban J connectivity index is 2.26. The summed E-state index contributed by atoms with van der Waals surface area (Å²) in [4.78, 5) is 12.5. The second kappa shape index (κ2) is 4.37. The van der Waals surface area contributed by atoms with E-state index in [2.05, 4.69) is 21.0 Å². The van der Waals surface area contributed by atoms with Gasteiger partial charge in [0.05, 0.1) is 5.39 Å². The van der Waals surface area contributed by atoms with Gasteiger partial charge < -0.3 is 5.11 Å². The Morgan fingerprint density at radius 1 is 1.22 bits per heavy atom. The number of hydrogen-bond acceptors (Lipinski definition) is 4. The van der Waals surface area contributed by atoms with Crippen LogP contribution in [0.15, 0.2) is 18.3 Å². The van der Waals surface area contributed by atoms with Gasteiger partial charge in [0.25, 0.3) is 0 Å². The normalized spacial score (nSPS) is 15.7. The van der Waals surface area contributed by atoms with Crippen LogP contribution in [0, 0.1) is 6.92 Å². The minimum atomic E-state index is 0.0343. The second-order valence-electron chi connectivity index (χ2n) is 4.63. The Morgan fingerprint density at radius 3 is 2.89 bits per heavy atom. The summed E-state index contributed by atoms with van der Waals surface area (Å²) in [5, 5.41) is 10.7. The smallest absolute Gasteiger partial charge is 0.224 e. The third-order valence-corrected chi connectivity index (χ3v) is 3.33. The predicted molar refractivity (Wildman–Crippen MR) is 70.2 cm³/mol. The number of nitrogens with zero attached hydrogens (tertiary/aromatic N) is 3. The van der Waals surface area contributed by atoms with Gasteiger partial charge in [0.1, 0.15) is 5.82 Å². The fourth-order valence-electron chi connectivity index (χ4n) is 2.49. The summed E-state index contributed by atoms with van der Waals surface area (Å²) in [6, 6.07) is 1.94. The number of pyridine rings is 1. The van der Waals surface area contributed by atoms with Crippen molar-refractivity contribution in [1.29, 1.82) is 0 Å². The maximum atomic E-state index is 10.0. The van der Waals surface area contributed by atoms with E-state index in [4.69, 9.17) is 0 Å². The molecule has 0 saturated carbocycles. The molecule has 4 heteroatoms. The molecule has 1 aliphatic rings. The van der Waals surface area contributed by atoms with E-state index in [9.17, 15) is 5.11 Å². The minimum absolute atomic E-state index is 0.0343. The molecule has 2 heterocycles. The molecule has 1 aliphatic carbocycles. The second-order valence-corrected chi connectivity index (χ2v) is 4.63. The number of allylic oxidation sites excluding steroid dienone is 2. The van der Waals surface area contributed by atoms with Crippen molar-refractivity contribution in [2.24, 2.45) is 0 Å². The van der Waals surface area contributed by atoms with Crippen LogP contribution in [0.25, 0.3) is 16.6 Å². The predicted octanol–water partition coefficient (Wildman–Crippen LogP) is 3.00. The van der Waals surface area contributed by atoms with Crippen molar-refractivity contribution in [3.63, 3.8) is 0 Å². The Labute approximate surface area is 105 Å². The van der Waals surface area contributed by atoms with Gasteiger partial charge in [-0.05, 0) is 49.8 Å². The first-order valence-electron chi connectivity index (χ1n) is 6.27. The number of aromatic nitrogens is 3. The molecule has 0 bridgehead atoms. The van der Waals surface area contributed by atoms with Crippen molar-refractivity contribution >= 4 is 16.6 Å². The van der Waals surface area contributed by atoms with Crippen LogP contribution in [0.1, 0.15) is 37.1 Å². The van der Waals surface area contributed by atoms with E-state index >= 15 is 0 Å². The third kappa shape index (κ3) is 1.83. The van der Waals surface area contributed by atoms with Gasteiger partial charge in [-0.1, -0.05) is 6.08 Å². The molecule has 2 aromatic rings. The van der Waals surface area contributed by atoms with Crippen LogP contribution in [-0.2, 0) is 0 Å². The van der Waals surface area contributed by atoms with Crippen LogP contribution in [0.5, 0.6) is 5.88 Å². The van der Waals surface area contributed by atoms with Gasteiger partial charge in [-0.3, -0.25) is 0 Å². The molecule has 0 unspecified atom stereocenters. The highest BCUT2D eigenvalue weighted by Crippen LogP contribution is 2.33. The largest absolute Gasteiger partial charge is 0.493 e. The van der Waals surface area contributed by atoms with E-state index < -0.39 is 0 Å². The van der Waals surface area contributed by atoms with Crippen molar-refractivity contribution in [2.75, 3.05) is 0 Å². The van der Waals surface area contributed by atoms with Crippen molar-refractivity contribution in [2.45, 2.75) is 32.6 Å². The number of rotatable bonds is 1. The molecule has 4 nitrogen and oxygen atoms in total. The number of aromatic hydroxyl groups is 1. The van der Waals surface area contributed by atoms with Crippen LogP contribution in [-0.4, -0.2) is 20.1 Å². The molecule has 18 heavy (non-hydrogen) atoms. The number of hydrogen-bond donors (Lipinski definition) is 1.